The molecule has 3 aromatic rings. The molecule has 0 saturated heterocycles. The van der Waals surface area contributed by atoms with Gasteiger partial charge in [-0.1, -0.05) is 80.1 Å². The van der Waals surface area contributed by atoms with Crippen molar-refractivity contribution in [3.8, 4) is 0 Å². The molecular weight excluding hydrogens is 268 g/mol. The standard InChI is InChI=1S/C21H20O/c1-2-3-9-17-15-14-16-10-7-8-13-19(16)20(17)21(22)18-11-5-4-6-12-18/h4-8,10-15H,2-3,9H2,1H3. The fourth-order valence-electron chi connectivity index (χ4n) is 2.89. The van der Waals surface area contributed by atoms with Crippen molar-refractivity contribution >= 4 is 16.6 Å². The number of benzene rings is 3. The molecule has 0 N–H and O–H groups in total. The molecular formula is C21H20O. The Balaban J connectivity index is 2.17. The summed E-state index contributed by atoms with van der Waals surface area (Å²) >= 11 is 0. The quantitative estimate of drug-likeness (QED) is 0.573. The highest BCUT2D eigenvalue weighted by Gasteiger charge is 2.16. The van der Waals surface area contributed by atoms with E-state index in [9.17, 15) is 4.79 Å². The van der Waals surface area contributed by atoms with Crippen molar-refractivity contribution < 1.29 is 4.79 Å². The topological polar surface area (TPSA) is 17.1 Å². The molecule has 0 heterocycles. The Labute approximate surface area is 131 Å². The molecule has 0 aliphatic carbocycles. The number of fused-ring (bicyclic) bond motifs is 1. The summed E-state index contributed by atoms with van der Waals surface area (Å²) in [6, 6.07) is 22.0. The predicted octanol–water partition coefficient (Wildman–Crippen LogP) is 5.41. The van der Waals surface area contributed by atoms with Gasteiger partial charge in [-0.05, 0) is 29.2 Å². The van der Waals surface area contributed by atoms with Crippen LogP contribution in [-0.4, -0.2) is 5.78 Å². The first kappa shape index (κ1) is 14.5. The van der Waals surface area contributed by atoms with Gasteiger partial charge < -0.3 is 0 Å². The van der Waals surface area contributed by atoms with Gasteiger partial charge in [-0.15, -0.1) is 0 Å². The largest absolute Gasteiger partial charge is 0.289 e. The van der Waals surface area contributed by atoms with Crippen LogP contribution in [-0.2, 0) is 6.42 Å². The molecule has 110 valence electrons. The maximum atomic E-state index is 13.0. The Morgan fingerprint density at radius 1 is 0.864 bits per heavy atom. The van der Waals surface area contributed by atoms with E-state index in [4.69, 9.17) is 0 Å². The minimum absolute atomic E-state index is 0.128. The van der Waals surface area contributed by atoms with E-state index in [2.05, 4.69) is 31.2 Å². The van der Waals surface area contributed by atoms with Gasteiger partial charge in [-0.2, -0.15) is 0 Å². The second kappa shape index (κ2) is 6.57. The number of aryl methyl sites for hydroxylation is 1. The fraction of sp³-hybridized carbons (Fsp3) is 0.190. The van der Waals surface area contributed by atoms with Gasteiger partial charge in [0.15, 0.2) is 5.78 Å². The van der Waals surface area contributed by atoms with Crippen molar-refractivity contribution in [2.45, 2.75) is 26.2 Å². The van der Waals surface area contributed by atoms with Gasteiger partial charge in [-0.3, -0.25) is 4.79 Å². The van der Waals surface area contributed by atoms with Crippen LogP contribution >= 0.6 is 0 Å². The normalized spacial score (nSPS) is 10.8. The van der Waals surface area contributed by atoms with Crippen LogP contribution < -0.4 is 0 Å². The van der Waals surface area contributed by atoms with Crippen molar-refractivity contribution in [2.75, 3.05) is 0 Å². The molecule has 1 nitrogen and oxygen atoms in total. The first-order valence-corrected chi connectivity index (χ1v) is 7.91. The Hall–Kier alpha value is -2.41. The zero-order chi connectivity index (χ0) is 15.4. The average molecular weight is 288 g/mol. The van der Waals surface area contributed by atoms with Crippen molar-refractivity contribution in [1.82, 2.24) is 0 Å². The highest BCUT2D eigenvalue weighted by Crippen LogP contribution is 2.26. The van der Waals surface area contributed by atoms with Gasteiger partial charge in [-0.25, -0.2) is 0 Å². The zero-order valence-electron chi connectivity index (χ0n) is 12.9. The molecule has 0 aliphatic rings. The van der Waals surface area contributed by atoms with E-state index < -0.39 is 0 Å². The maximum Gasteiger partial charge on any atom is 0.193 e. The Morgan fingerprint density at radius 3 is 2.36 bits per heavy atom. The molecule has 0 unspecified atom stereocenters. The Morgan fingerprint density at radius 2 is 1.59 bits per heavy atom. The van der Waals surface area contributed by atoms with E-state index in [0.29, 0.717) is 0 Å². The smallest absolute Gasteiger partial charge is 0.193 e. The molecule has 0 aliphatic heterocycles. The summed E-state index contributed by atoms with van der Waals surface area (Å²) in [6.45, 7) is 2.18. The van der Waals surface area contributed by atoms with Gasteiger partial charge in [0.25, 0.3) is 0 Å². The maximum absolute atomic E-state index is 13.0. The van der Waals surface area contributed by atoms with Gasteiger partial charge in [0, 0.05) is 11.1 Å². The van der Waals surface area contributed by atoms with Crippen LogP contribution in [0, 0.1) is 0 Å². The lowest BCUT2D eigenvalue weighted by molar-refractivity contribution is 0.103. The summed E-state index contributed by atoms with van der Waals surface area (Å²) in [4.78, 5) is 13.0. The number of carbonyl (C=O) groups excluding carboxylic acids is 1. The molecule has 0 bridgehead atoms. The SMILES string of the molecule is CCCCc1ccc2ccccc2c1C(=O)c1ccccc1. The Kier molecular flexibility index (Phi) is 4.34. The first-order valence-electron chi connectivity index (χ1n) is 7.91. The number of hydrogen-bond donors (Lipinski definition) is 0. The minimum Gasteiger partial charge on any atom is -0.289 e. The van der Waals surface area contributed by atoms with Crippen molar-refractivity contribution in [1.29, 1.82) is 0 Å². The average Bonchev–Trinajstić information content (AvgIpc) is 2.59. The Bertz CT molecular complexity index is 787. The number of carbonyl (C=O) groups is 1. The summed E-state index contributed by atoms with van der Waals surface area (Å²) in [6.07, 6.45) is 3.19. The van der Waals surface area contributed by atoms with Gasteiger partial charge in [0.1, 0.15) is 0 Å². The van der Waals surface area contributed by atoms with E-state index in [1.807, 2.05) is 42.5 Å². The van der Waals surface area contributed by atoms with E-state index in [-0.39, 0.29) is 5.78 Å². The first-order chi connectivity index (χ1) is 10.8. The van der Waals surface area contributed by atoms with Crippen LogP contribution in [0.2, 0.25) is 0 Å². The molecule has 3 rings (SSSR count). The van der Waals surface area contributed by atoms with Gasteiger partial charge >= 0.3 is 0 Å². The number of ketones is 1. The second-order valence-corrected chi connectivity index (χ2v) is 5.62. The minimum atomic E-state index is 0.128. The third kappa shape index (κ3) is 2.80. The summed E-state index contributed by atoms with van der Waals surface area (Å²) in [7, 11) is 0. The van der Waals surface area contributed by atoms with Gasteiger partial charge in [0.05, 0.1) is 0 Å². The van der Waals surface area contributed by atoms with Crippen LogP contribution in [0.5, 0.6) is 0 Å². The monoisotopic (exact) mass is 288 g/mol. The number of hydrogen-bond acceptors (Lipinski definition) is 1. The van der Waals surface area contributed by atoms with Crippen LogP contribution in [0.1, 0.15) is 41.3 Å². The van der Waals surface area contributed by atoms with E-state index in [1.165, 1.54) is 0 Å². The van der Waals surface area contributed by atoms with E-state index >= 15 is 0 Å². The molecule has 22 heavy (non-hydrogen) atoms. The van der Waals surface area contributed by atoms with E-state index in [1.54, 1.807) is 0 Å². The van der Waals surface area contributed by atoms with Crippen LogP contribution in [0.25, 0.3) is 10.8 Å². The highest BCUT2D eigenvalue weighted by molar-refractivity contribution is 6.17. The molecule has 0 fully saturated rings. The molecule has 0 amide bonds. The van der Waals surface area contributed by atoms with Crippen molar-refractivity contribution in [2.24, 2.45) is 0 Å². The van der Waals surface area contributed by atoms with Crippen LogP contribution in [0.4, 0.5) is 0 Å². The zero-order valence-corrected chi connectivity index (χ0v) is 12.9. The number of unbranched alkanes of at least 4 members (excludes halogenated alkanes) is 1. The third-order valence-electron chi connectivity index (χ3n) is 4.08. The molecule has 0 aromatic heterocycles. The number of rotatable bonds is 5. The van der Waals surface area contributed by atoms with Crippen LogP contribution in [0.15, 0.2) is 66.7 Å². The second-order valence-electron chi connectivity index (χ2n) is 5.62. The van der Waals surface area contributed by atoms with Crippen molar-refractivity contribution in [3.63, 3.8) is 0 Å². The third-order valence-corrected chi connectivity index (χ3v) is 4.08. The lowest BCUT2D eigenvalue weighted by Crippen LogP contribution is -2.06. The molecule has 1 heteroatoms. The predicted molar refractivity (Wildman–Crippen MR) is 92.4 cm³/mol. The highest BCUT2D eigenvalue weighted by atomic mass is 16.1. The van der Waals surface area contributed by atoms with Gasteiger partial charge in [0.2, 0.25) is 0 Å². The summed E-state index contributed by atoms with van der Waals surface area (Å²) < 4.78 is 0. The van der Waals surface area contributed by atoms with Crippen LogP contribution in [0.3, 0.4) is 0 Å². The molecule has 0 saturated carbocycles. The summed E-state index contributed by atoms with van der Waals surface area (Å²) in [5.74, 6) is 0.128. The van der Waals surface area contributed by atoms with Crippen molar-refractivity contribution in [3.05, 3.63) is 83.4 Å². The fourth-order valence-corrected chi connectivity index (χ4v) is 2.89. The van der Waals surface area contributed by atoms with E-state index in [0.717, 1.165) is 46.7 Å². The molecule has 0 atom stereocenters. The molecule has 3 aromatic carbocycles. The lowest BCUT2D eigenvalue weighted by Gasteiger charge is -2.12. The molecule has 0 radical (unpaired) electrons. The molecule has 0 spiro atoms. The lowest BCUT2D eigenvalue weighted by atomic mass is 9.90. The summed E-state index contributed by atoms with van der Waals surface area (Å²) in [5.41, 5.74) is 2.80. The summed E-state index contributed by atoms with van der Waals surface area (Å²) in [5, 5.41) is 2.19.